The average molecular weight is 337 g/mol. The van der Waals surface area contributed by atoms with Gasteiger partial charge in [0.1, 0.15) is 17.5 Å². The van der Waals surface area contributed by atoms with E-state index in [1.165, 1.54) is 10.9 Å². The highest BCUT2D eigenvalue weighted by Crippen LogP contribution is 2.31. The maximum atomic E-state index is 12.4. The van der Waals surface area contributed by atoms with E-state index in [1.54, 1.807) is 14.0 Å². The van der Waals surface area contributed by atoms with Gasteiger partial charge in [-0.25, -0.2) is 4.98 Å². The lowest BCUT2D eigenvalue weighted by molar-refractivity contribution is 0.418. The van der Waals surface area contributed by atoms with Crippen LogP contribution in [0.2, 0.25) is 0 Å². The first-order valence-corrected chi connectivity index (χ1v) is 7.65. The molecular weight excluding hydrogens is 322 g/mol. The molecule has 0 aliphatic carbocycles. The van der Waals surface area contributed by atoms with E-state index in [0.29, 0.717) is 22.5 Å². The summed E-state index contributed by atoms with van der Waals surface area (Å²) in [7, 11) is 1.62. The first-order chi connectivity index (χ1) is 12.1. The van der Waals surface area contributed by atoms with Crippen LogP contribution in [-0.4, -0.2) is 19.7 Å². The fraction of sp³-hybridized carbons (Fsp3) is 0.176. The summed E-state index contributed by atoms with van der Waals surface area (Å²) in [5, 5.41) is 4.28. The fourth-order valence-corrected chi connectivity index (χ4v) is 2.72. The number of nitrogens with zero attached hydrogens (tertiary/aromatic N) is 4. The van der Waals surface area contributed by atoms with Crippen molar-refractivity contribution in [1.82, 2.24) is 19.7 Å². The fourth-order valence-electron chi connectivity index (χ4n) is 2.72. The topological polar surface area (TPSA) is 113 Å². The van der Waals surface area contributed by atoms with E-state index in [-0.39, 0.29) is 17.2 Å². The maximum absolute atomic E-state index is 12.4. The molecule has 0 aliphatic heterocycles. The van der Waals surface area contributed by atoms with Crippen LogP contribution in [-0.2, 0) is 7.05 Å². The van der Waals surface area contributed by atoms with Crippen LogP contribution in [0.5, 0.6) is 0 Å². The first-order valence-electron chi connectivity index (χ1n) is 7.65. The molecule has 1 unspecified atom stereocenters. The minimum absolute atomic E-state index is 0.183. The number of rotatable bonds is 3. The van der Waals surface area contributed by atoms with Crippen LogP contribution < -0.4 is 11.3 Å². The second-order valence-corrected chi connectivity index (χ2v) is 5.72. The van der Waals surface area contributed by atoms with Crippen molar-refractivity contribution in [3.63, 3.8) is 0 Å². The van der Waals surface area contributed by atoms with Crippen molar-refractivity contribution in [2.24, 2.45) is 12.8 Å². The molecule has 0 fully saturated rings. The van der Waals surface area contributed by atoms with Crippen LogP contribution in [0.1, 0.15) is 23.2 Å². The third kappa shape index (κ3) is 2.43. The van der Waals surface area contributed by atoms with Crippen LogP contribution in [0.4, 0.5) is 0 Å². The lowest BCUT2D eigenvalue weighted by Gasteiger charge is -2.05. The Balaban J connectivity index is 1.84. The van der Waals surface area contributed by atoms with E-state index in [9.17, 15) is 4.79 Å². The number of hydrogen-bond donors (Lipinski definition) is 1. The van der Waals surface area contributed by atoms with E-state index >= 15 is 0 Å². The number of fused-ring (bicyclic) bond motifs is 1. The molecule has 0 aliphatic rings. The highest BCUT2D eigenvalue weighted by atomic mass is 16.5. The Labute approximate surface area is 141 Å². The number of aromatic nitrogens is 4. The van der Waals surface area contributed by atoms with E-state index in [4.69, 9.17) is 14.7 Å². The van der Waals surface area contributed by atoms with E-state index in [0.717, 1.165) is 5.56 Å². The van der Waals surface area contributed by atoms with Gasteiger partial charge in [0.05, 0.1) is 11.6 Å². The summed E-state index contributed by atoms with van der Waals surface area (Å²) >= 11 is 0. The molecule has 4 aromatic rings. The van der Waals surface area contributed by atoms with Gasteiger partial charge in [0.2, 0.25) is 5.71 Å². The Hall–Kier alpha value is -3.26. The number of furan rings is 1. The summed E-state index contributed by atoms with van der Waals surface area (Å²) in [6.07, 6.45) is 1.40. The van der Waals surface area contributed by atoms with Crippen molar-refractivity contribution in [3.8, 4) is 11.5 Å². The van der Waals surface area contributed by atoms with Crippen molar-refractivity contribution in [1.29, 1.82) is 0 Å². The second kappa shape index (κ2) is 5.67. The van der Waals surface area contributed by atoms with Crippen molar-refractivity contribution < 1.29 is 8.94 Å². The van der Waals surface area contributed by atoms with Crippen LogP contribution in [0.15, 0.2) is 50.4 Å². The number of aryl methyl sites for hydroxylation is 2. The van der Waals surface area contributed by atoms with Gasteiger partial charge in [-0.2, -0.15) is 4.98 Å². The van der Waals surface area contributed by atoms with Gasteiger partial charge >= 0.3 is 0 Å². The van der Waals surface area contributed by atoms with Crippen LogP contribution in [0, 0.1) is 6.92 Å². The molecule has 126 valence electrons. The maximum Gasteiger partial charge on any atom is 0.265 e. The molecule has 0 radical (unpaired) electrons. The Morgan fingerprint density at radius 3 is 2.76 bits per heavy atom. The van der Waals surface area contributed by atoms with Gasteiger partial charge in [-0.3, -0.25) is 4.79 Å². The van der Waals surface area contributed by atoms with Gasteiger partial charge in [-0.05, 0) is 12.5 Å². The Morgan fingerprint density at radius 1 is 1.24 bits per heavy atom. The predicted molar refractivity (Wildman–Crippen MR) is 89.8 cm³/mol. The first kappa shape index (κ1) is 15.3. The summed E-state index contributed by atoms with van der Waals surface area (Å²) in [5.41, 5.74) is 7.50. The quantitative estimate of drug-likeness (QED) is 0.607. The highest BCUT2D eigenvalue weighted by molar-refractivity contribution is 5.90. The van der Waals surface area contributed by atoms with Crippen LogP contribution in [0.3, 0.4) is 0 Å². The molecule has 0 spiro atoms. The second-order valence-electron chi connectivity index (χ2n) is 5.72. The third-order valence-electron chi connectivity index (χ3n) is 4.04. The molecular formula is C17H15N5O3. The van der Waals surface area contributed by atoms with Crippen molar-refractivity contribution in [2.75, 3.05) is 0 Å². The molecule has 0 saturated heterocycles. The van der Waals surface area contributed by atoms with Gasteiger partial charge in [0.15, 0.2) is 5.82 Å². The summed E-state index contributed by atoms with van der Waals surface area (Å²) in [6, 6.07) is 8.93. The molecule has 25 heavy (non-hydrogen) atoms. The average Bonchev–Trinajstić information content (AvgIpc) is 3.22. The van der Waals surface area contributed by atoms with Gasteiger partial charge < -0.3 is 19.2 Å². The van der Waals surface area contributed by atoms with Crippen molar-refractivity contribution >= 4 is 11.1 Å². The lowest BCUT2D eigenvalue weighted by atomic mass is 10.1. The molecule has 3 aromatic heterocycles. The number of nitrogens with two attached hydrogens (primary N) is 1. The summed E-state index contributed by atoms with van der Waals surface area (Å²) in [5.74, 6) is 0.993. The summed E-state index contributed by atoms with van der Waals surface area (Å²) < 4.78 is 12.3. The van der Waals surface area contributed by atoms with Crippen molar-refractivity contribution in [3.05, 3.63) is 64.2 Å². The number of benzene rings is 1. The third-order valence-corrected chi connectivity index (χ3v) is 4.04. The van der Waals surface area contributed by atoms with Gasteiger partial charge in [0.25, 0.3) is 11.4 Å². The Morgan fingerprint density at radius 2 is 2.00 bits per heavy atom. The smallest absolute Gasteiger partial charge is 0.265 e. The monoisotopic (exact) mass is 337 g/mol. The molecule has 2 N–H and O–H groups in total. The molecule has 4 rings (SSSR count). The Kier molecular flexibility index (Phi) is 3.47. The number of hydrogen-bond acceptors (Lipinski definition) is 7. The normalized spacial score (nSPS) is 12.6. The minimum atomic E-state index is -0.530. The molecule has 1 atom stereocenters. The van der Waals surface area contributed by atoms with E-state index < -0.39 is 6.04 Å². The molecule has 3 heterocycles. The lowest BCUT2D eigenvalue weighted by Crippen LogP contribution is -2.16. The minimum Gasteiger partial charge on any atom is -0.442 e. The van der Waals surface area contributed by atoms with Gasteiger partial charge in [-0.15, -0.1) is 0 Å². The van der Waals surface area contributed by atoms with Gasteiger partial charge in [-0.1, -0.05) is 35.5 Å². The SMILES string of the molecule is Cc1oc2ncn(C)c(=O)c2c1-c1nc(C(N)c2ccccc2)no1. The highest BCUT2D eigenvalue weighted by Gasteiger charge is 2.24. The van der Waals surface area contributed by atoms with E-state index in [1.807, 2.05) is 30.3 Å². The molecule has 8 heteroatoms. The van der Waals surface area contributed by atoms with Crippen LogP contribution in [0.25, 0.3) is 22.6 Å². The van der Waals surface area contributed by atoms with E-state index in [2.05, 4.69) is 15.1 Å². The summed E-state index contributed by atoms with van der Waals surface area (Å²) in [4.78, 5) is 20.9. The molecule has 0 bridgehead atoms. The van der Waals surface area contributed by atoms with Crippen molar-refractivity contribution in [2.45, 2.75) is 13.0 Å². The summed E-state index contributed by atoms with van der Waals surface area (Å²) in [6.45, 7) is 1.72. The molecule has 0 amide bonds. The van der Waals surface area contributed by atoms with Gasteiger partial charge in [0, 0.05) is 7.05 Å². The largest absolute Gasteiger partial charge is 0.442 e. The predicted octanol–water partition coefficient (Wildman–Crippen LogP) is 1.93. The molecule has 0 saturated carbocycles. The standard InChI is InChI=1S/C17H15N5O3/c1-9-11(12-15(24-9)19-8-22(2)17(12)23)16-20-14(21-25-16)13(18)10-6-4-3-5-7-10/h3-8,13H,18H2,1-2H3. The van der Waals surface area contributed by atoms with Crippen LogP contribution >= 0.6 is 0 Å². The zero-order chi connectivity index (χ0) is 17.6. The Bertz CT molecular complexity index is 1110. The molecule has 8 nitrogen and oxygen atoms in total. The zero-order valence-electron chi connectivity index (χ0n) is 13.6. The molecule has 1 aromatic carbocycles. The zero-order valence-corrected chi connectivity index (χ0v) is 13.6.